The van der Waals surface area contributed by atoms with Crippen LogP contribution in [0.5, 0.6) is 0 Å². The number of aliphatic hydroxyl groups is 1. The Morgan fingerprint density at radius 3 is 2.56 bits per heavy atom. The lowest BCUT2D eigenvalue weighted by Crippen LogP contribution is -2.29. The molecule has 3 aromatic rings. The first-order valence-corrected chi connectivity index (χ1v) is 8.76. The highest BCUT2D eigenvalue weighted by atomic mass is 16.3. The van der Waals surface area contributed by atoms with Crippen LogP contribution in [0.15, 0.2) is 60.7 Å². The summed E-state index contributed by atoms with van der Waals surface area (Å²) in [6.07, 6.45) is 1.65. The summed E-state index contributed by atoms with van der Waals surface area (Å²) < 4.78 is 0. The minimum absolute atomic E-state index is 0.184. The average Bonchev–Trinajstić information content (AvgIpc) is 3.32. The minimum Gasteiger partial charge on any atom is -0.387 e. The van der Waals surface area contributed by atoms with Crippen molar-refractivity contribution in [1.82, 2.24) is 20.1 Å². The molecular formula is C20H22N4O. The van der Waals surface area contributed by atoms with Gasteiger partial charge >= 0.3 is 0 Å². The van der Waals surface area contributed by atoms with Crippen LogP contribution < -0.4 is 0 Å². The van der Waals surface area contributed by atoms with Crippen LogP contribution in [0, 0.1) is 0 Å². The van der Waals surface area contributed by atoms with Gasteiger partial charge in [0.15, 0.2) is 5.82 Å². The molecule has 0 radical (unpaired) electrons. The molecule has 1 fully saturated rings. The third-order valence-electron chi connectivity index (χ3n) is 4.81. The molecule has 0 bridgehead atoms. The van der Waals surface area contributed by atoms with Gasteiger partial charge in [0.1, 0.15) is 5.82 Å². The number of nitrogens with zero attached hydrogens (tertiary/aromatic N) is 3. The van der Waals surface area contributed by atoms with Gasteiger partial charge in [0, 0.05) is 12.1 Å². The number of benzene rings is 2. The Balaban J connectivity index is 1.49. The van der Waals surface area contributed by atoms with Crippen LogP contribution in [0.1, 0.15) is 36.4 Å². The topological polar surface area (TPSA) is 65.0 Å². The van der Waals surface area contributed by atoms with Crippen molar-refractivity contribution in [2.45, 2.75) is 25.0 Å². The molecule has 128 valence electrons. The summed E-state index contributed by atoms with van der Waals surface area (Å²) in [6, 6.07) is 20.0. The van der Waals surface area contributed by atoms with Gasteiger partial charge in [-0.25, -0.2) is 4.98 Å². The van der Waals surface area contributed by atoms with E-state index in [0.717, 1.165) is 42.2 Å². The number of β-amino-alcohol motifs (C(OH)–C–C–N with tert-alkyl or cyclic N) is 1. The van der Waals surface area contributed by atoms with Gasteiger partial charge in [0.2, 0.25) is 0 Å². The second-order valence-corrected chi connectivity index (χ2v) is 6.49. The highest BCUT2D eigenvalue weighted by Gasteiger charge is 2.30. The van der Waals surface area contributed by atoms with Gasteiger partial charge in [-0.1, -0.05) is 60.7 Å². The molecule has 2 heterocycles. The summed E-state index contributed by atoms with van der Waals surface area (Å²) in [5.74, 6) is 1.61. The standard InChI is InChI=1S/C20H22N4O/c25-18(15-8-3-1-4-9-15)14-24-13-7-12-17(24)20-21-19(22-23-20)16-10-5-2-6-11-16/h1-6,8-11,17-18,25H,7,12-14H2,(H,21,22,23). The van der Waals surface area contributed by atoms with E-state index < -0.39 is 6.10 Å². The largest absolute Gasteiger partial charge is 0.387 e. The molecule has 25 heavy (non-hydrogen) atoms. The number of aromatic amines is 1. The third-order valence-corrected chi connectivity index (χ3v) is 4.81. The van der Waals surface area contributed by atoms with Crippen LogP contribution in [0.3, 0.4) is 0 Å². The van der Waals surface area contributed by atoms with Crippen molar-refractivity contribution in [1.29, 1.82) is 0 Å². The van der Waals surface area contributed by atoms with Crippen molar-refractivity contribution < 1.29 is 5.11 Å². The number of hydrogen-bond donors (Lipinski definition) is 2. The van der Waals surface area contributed by atoms with Gasteiger partial charge in [0.25, 0.3) is 0 Å². The summed E-state index contributed by atoms with van der Waals surface area (Å²) in [5, 5.41) is 18.0. The average molecular weight is 334 g/mol. The Morgan fingerprint density at radius 1 is 1.08 bits per heavy atom. The van der Waals surface area contributed by atoms with E-state index in [1.807, 2.05) is 60.7 Å². The second-order valence-electron chi connectivity index (χ2n) is 6.49. The first kappa shape index (κ1) is 16.0. The van der Waals surface area contributed by atoms with Crippen LogP contribution in [0.4, 0.5) is 0 Å². The van der Waals surface area contributed by atoms with E-state index in [9.17, 15) is 5.11 Å². The van der Waals surface area contributed by atoms with Crippen molar-refractivity contribution in [3.63, 3.8) is 0 Å². The fourth-order valence-electron chi connectivity index (χ4n) is 3.50. The predicted octanol–water partition coefficient (Wildman–Crippen LogP) is 3.34. The summed E-state index contributed by atoms with van der Waals surface area (Å²) in [5.41, 5.74) is 1.97. The molecule has 0 spiro atoms. The quantitative estimate of drug-likeness (QED) is 0.751. The maximum absolute atomic E-state index is 10.5. The summed E-state index contributed by atoms with van der Waals surface area (Å²) in [4.78, 5) is 7.00. The van der Waals surface area contributed by atoms with Crippen LogP contribution in [0.25, 0.3) is 11.4 Å². The van der Waals surface area contributed by atoms with Crippen LogP contribution in [-0.2, 0) is 0 Å². The molecule has 1 aliphatic rings. The third kappa shape index (κ3) is 3.48. The van der Waals surface area contributed by atoms with E-state index in [2.05, 4.69) is 15.1 Å². The van der Waals surface area contributed by atoms with Crippen LogP contribution >= 0.6 is 0 Å². The molecule has 1 aromatic heterocycles. The molecule has 2 aromatic carbocycles. The highest BCUT2D eigenvalue weighted by molar-refractivity contribution is 5.53. The summed E-state index contributed by atoms with van der Waals surface area (Å²) >= 11 is 0. The van der Waals surface area contributed by atoms with Crippen LogP contribution in [-0.4, -0.2) is 38.3 Å². The SMILES string of the molecule is OC(CN1CCCC1c1nc(-c2ccccc2)n[nH]1)c1ccccc1. The van der Waals surface area contributed by atoms with Gasteiger partial charge in [-0.2, -0.15) is 5.10 Å². The molecule has 1 aliphatic heterocycles. The minimum atomic E-state index is -0.488. The van der Waals surface area contributed by atoms with Crippen molar-refractivity contribution in [2.24, 2.45) is 0 Å². The summed E-state index contributed by atoms with van der Waals surface area (Å²) in [7, 11) is 0. The zero-order chi connectivity index (χ0) is 17.1. The first-order chi connectivity index (χ1) is 12.3. The molecule has 2 unspecified atom stereocenters. The number of rotatable bonds is 5. The van der Waals surface area contributed by atoms with Crippen molar-refractivity contribution in [3.05, 3.63) is 72.1 Å². The number of hydrogen-bond acceptors (Lipinski definition) is 4. The molecule has 5 heteroatoms. The molecule has 2 N–H and O–H groups in total. The Morgan fingerprint density at radius 2 is 1.80 bits per heavy atom. The Labute approximate surface area is 147 Å². The van der Waals surface area contributed by atoms with E-state index in [-0.39, 0.29) is 6.04 Å². The van der Waals surface area contributed by atoms with Gasteiger partial charge in [0.05, 0.1) is 12.1 Å². The first-order valence-electron chi connectivity index (χ1n) is 8.76. The number of nitrogens with one attached hydrogen (secondary N) is 1. The molecule has 0 amide bonds. The van der Waals surface area contributed by atoms with E-state index in [4.69, 9.17) is 4.98 Å². The van der Waals surface area contributed by atoms with Crippen molar-refractivity contribution >= 4 is 0 Å². The summed E-state index contributed by atoms with van der Waals surface area (Å²) in [6.45, 7) is 1.58. The van der Waals surface area contributed by atoms with Gasteiger partial charge < -0.3 is 5.11 Å². The molecule has 2 atom stereocenters. The van der Waals surface area contributed by atoms with Gasteiger partial charge in [-0.05, 0) is 24.9 Å². The zero-order valence-corrected chi connectivity index (χ0v) is 14.0. The van der Waals surface area contributed by atoms with Gasteiger partial charge in [-0.3, -0.25) is 10.00 Å². The van der Waals surface area contributed by atoms with Crippen molar-refractivity contribution in [3.8, 4) is 11.4 Å². The Hall–Kier alpha value is -2.50. The number of aromatic nitrogens is 3. The maximum Gasteiger partial charge on any atom is 0.181 e. The lowest BCUT2D eigenvalue weighted by atomic mass is 10.1. The molecule has 5 nitrogen and oxygen atoms in total. The Bertz CT molecular complexity index is 803. The smallest absolute Gasteiger partial charge is 0.181 e. The fraction of sp³-hybridized carbons (Fsp3) is 0.300. The lowest BCUT2D eigenvalue weighted by Gasteiger charge is -2.25. The number of likely N-dealkylation sites (tertiary alicyclic amines) is 1. The zero-order valence-electron chi connectivity index (χ0n) is 14.0. The van der Waals surface area contributed by atoms with E-state index in [1.165, 1.54) is 0 Å². The number of aliphatic hydroxyl groups excluding tert-OH is 1. The molecule has 0 aliphatic carbocycles. The van der Waals surface area contributed by atoms with Crippen molar-refractivity contribution in [2.75, 3.05) is 13.1 Å². The fourth-order valence-corrected chi connectivity index (χ4v) is 3.50. The monoisotopic (exact) mass is 334 g/mol. The number of H-pyrrole nitrogens is 1. The van der Waals surface area contributed by atoms with Crippen LogP contribution in [0.2, 0.25) is 0 Å². The molecule has 0 saturated carbocycles. The normalized spacial score (nSPS) is 19.2. The second kappa shape index (κ2) is 7.17. The molecule has 1 saturated heterocycles. The van der Waals surface area contributed by atoms with E-state index >= 15 is 0 Å². The maximum atomic E-state index is 10.5. The predicted molar refractivity (Wildman–Crippen MR) is 96.8 cm³/mol. The van der Waals surface area contributed by atoms with E-state index in [0.29, 0.717) is 6.54 Å². The molecular weight excluding hydrogens is 312 g/mol. The Kier molecular flexibility index (Phi) is 4.59. The lowest BCUT2D eigenvalue weighted by molar-refractivity contribution is 0.104. The van der Waals surface area contributed by atoms with Gasteiger partial charge in [-0.15, -0.1) is 0 Å². The highest BCUT2D eigenvalue weighted by Crippen LogP contribution is 2.32. The van der Waals surface area contributed by atoms with E-state index in [1.54, 1.807) is 0 Å². The molecule has 4 rings (SSSR count).